The molecule has 0 aromatic carbocycles. The highest BCUT2D eigenvalue weighted by Gasteiger charge is 1.88. The van der Waals surface area contributed by atoms with Gasteiger partial charge >= 0.3 is 0 Å². The molecule has 0 spiro atoms. The van der Waals surface area contributed by atoms with Crippen molar-refractivity contribution in [2.45, 2.75) is 0 Å². The molecule has 62 valence electrons. The van der Waals surface area contributed by atoms with Crippen LogP contribution in [0, 0.1) is 0 Å². The Kier molecular flexibility index (Phi) is 11.9. The van der Waals surface area contributed by atoms with Gasteiger partial charge in [0.05, 0.1) is 0 Å². The van der Waals surface area contributed by atoms with Crippen molar-refractivity contribution in [1.82, 2.24) is 0 Å². The van der Waals surface area contributed by atoms with E-state index in [4.69, 9.17) is 0 Å². The number of hydrogen-bond acceptors (Lipinski definition) is 4. The normalized spacial score (nSPS) is 10.2. The lowest BCUT2D eigenvalue weighted by molar-refractivity contribution is 1.56. The van der Waals surface area contributed by atoms with Crippen LogP contribution in [0.5, 0.6) is 0 Å². The fraction of sp³-hybridized carbons (Fsp3) is 1.00. The maximum Gasteiger partial charge on any atom is 0.0128 e. The van der Waals surface area contributed by atoms with Gasteiger partial charge in [0.2, 0.25) is 0 Å². The summed E-state index contributed by atoms with van der Waals surface area (Å²) < 4.78 is 0. The van der Waals surface area contributed by atoms with E-state index in [0.29, 0.717) is 0 Å². The summed E-state index contributed by atoms with van der Waals surface area (Å²) >= 11 is 3.85. The Morgan fingerprint density at radius 2 is 1.10 bits per heavy atom. The van der Waals surface area contributed by atoms with Crippen molar-refractivity contribution >= 4 is 45.1 Å². The monoisotopic (exact) mass is 214 g/mol. The average molecular weight is 214 g/mol. The molecular weight excluding hydrogens is 200 g/mol. The molecule has 0 rings (SSSR count). The van der Waals surface area contributed by atoms with E-state index >= 15 is 0 Å². The zero-order valence-corrected chi connectivity index (χ0v) is 9.73. The maximum absolute atomic E-state index is 2.16. The molecule has 0 radical (unpaired) electrons. The molecule has 0 N–H and O–H groups in total. The SMILES string of the molecule is CSCCSSCCSC. The molecule has 0 saturated carbocycles. The molecule has 0 bridgehead atoms. The fourth-order valence-electron chi connectivity index (χ4n) is 0.353. The van der Waals surface area contributed by atoms with Crippen LogP contribution in [-0.2, 0) is 0 Å². The summed E-state index contributed by atoms with van der Waals surface area (Å²) in [5, 5.41) is 0. The van der Waals surface area contributed by atoms with Gasteiger partial charge in [0.1, 0.15) is 0 Å². The summed E-state index contributed by atoms with van der Waals surface area (Å²) in [7, 11) is 4.00. The highest BCUT2D eigenvalue weighted by Crippen LogP contribution is 2.22. The predicted octanol–water partition coefficient (Wildman–Crippen LogP) is 3.09. The summed E-state index contributed by atoms with van der Waals surface area (Å²) in [4.78, 5) is 0. The first-order valence-corrected chi connectivity index (χ1v) is 8.41. The molecule has 0 aliphatic rings. The van der Waals surface area contributed by atoms with Crippen LogP contribution in [0.15, 0.2) is 0 Å². The molecule has 0 heterocycles. The fourth-order valence-corrected chi connectivity index (χ4v) is 4.40. The zero-order chi connectivity index (χ0) is 7.66. The predicted molar refractivity (Wildman–Crippen MR) is 61.7 cm³/mol. The van der Waals surface area contributed by atoms with Crippen molar-refractivity contribution in [3.05, 3.63) is 0 Å². The van der Waals surface area contributed by atoms with Gasteiger partial charge in [0, 0.05) is 23.0 Å². The smallest absolute Gasteiger partial charge is 0.0128 e. The van der Waals surface area contributed by atoms with Crippen molar-refractivity contribution in [1.29, 1.82) is 0 Å². The zero-order valence-electron chi connectivity index (χ0n) is 6.46. The first kappa shape index (κ1) is 11.4. The minimum Gasteiger partial charge on any atom is -0.165 e. The molecule has 0 atom stereocenters. The Balaban J connectivity index is 2.65. The van der Waals surface area contributed by atoms with Gasteiger partial charge in [-0.15, -0.1) is 0 Å². The maximum atomic E-state index is 2.16. The second-order valence-electron chi connectivity index (χ2n) is 1.63. The van der Waals surface area contributed by atoms with Gasteiger partial charge in [-0.2, -0.15) is 23.5 Å². The Morgan fingerprint density at radius 3 is 1.40 bits per heavy atom. The van der Waals surface area contributed by atoms with Gasteiger partial charge in [-0.1, -0.05) is 21.6 Å². The topological polar surface area (TPSA) is 0 Å². The second-order valence-corrected chi connectivity index (χ2v) is 6.30. The molecule has 0 aromatic rings. The van der Waals surface area contributed by atoms with Crippen LogP contribution in [0.2, 0.25) is 0 Å². The Morgan fingerprint density at radius 1 is 0.700 bits per heavy atom. The van der Waals surface area contributed by atoms with E-state index in [-0.39, 0.29) is 0 Å². The van der Waals surface area contributed by atoms with Crippen molar-refractivity contribution in [3.63, 3.8) is 0 Å². The molecule has 0 fully saturated rings. The second kappa shape index (κ2) is 10.4. The van der Waals surface area contributed by atoms with E-state index in [2.05, 4.69) is 12.5 Å². The lowest BCUT2D eigenvalue weighted by atomic mass is 11.0. The molecular formula is C6H14S4. The van der Waals surface area contributed by atoms with Gasteiger partial charge in [-0.3, -0.25) is 0 Å². The summed E-state index contributed by atoms with van der Waals surface area (Å²) in [6.45, 7) is 0. The van der Waals surface area contributed by atoms with Crippen LogP contribution in [-0.4, -0.2) is 35.5 Å². The highest BCUT2D eigenvalue weighted by atomic mass is 33.1. The van der Waals surface area contributed by atoms with Crippen molar-refractivity contribution < 1.29 is 0 Å². The third-order valence-electron chi connectivity index (χ3n) is 0.825. The molecule has 0 amide bonds. The summed E-state index contributed by atoms with van der Waals surface area (Å²) in [5.74, 6) is 5.16. The third-order valence-corrected chi connectivity index (χ3v) is 4.97. The molecule has 10 heavy (non-hydrogen) atoms. The van der Waals surface area contributed by atoms with Crippen LogP contribution >= 0.6 is 45.1 Å². The van der Waals surface area contributed by atoms with Gasteiger partial charge in [-0.25, -0.2) is 0 Å². The Hall–Kier alpha value is 1.40. The first-order valence-electron chi connectivity index (χ1n) is 3.14. The number of rotatable bonds is 7. The summed E-state index contributed by atoms with van der Waals surface area (Å²) in [5.41, 5.74) is 0. The van der Waals surface area contributed by atoms with E-state index < -0.39 is 0 Å². The highest BCUT2D eigenvalue weighted by molar-refractivity contribution is 8.76. The van der Waals surface area contributed by atoms with Crippen LogP contribution in [0.3, 0.4) is 0 Å². The van der Waals surface area contributed by atoms with Crippen LogP contribution in [0.4, 0.5) is 0 Å². The summed E-state index contributed by atoms with van der Waals surface area (Å²) in [6, 6.07) is 0. The standard InChI is InChI=1S/C6H14S4/c1-7-3-5-9-10-6-4-8-2/h3-6H2,1-2H3. The molecule has 0 aliphatic carbocycles. The minimum absolute atomic E-state index is 1.29. The molecule has 0 aromatic heterocycles. The average Bonchev–Trinajstić information content (AvgIpc) is 1.97. The van der Waals surface area contributed by atoms with E-state index in [9.17, 15) is 0 Å². The van der Waals surface area contributed by atoms with Crippen molar-refractivity contribution in [2.24, 2.45) is 0 Å². The van der Waals surface area contributed by atoms with Crippen LogP contribution in [0.25, 0.3) is 0 Å². The number of thioether (sulfide) groups is 2. The van der Waals surface area contributed by atoms with Gasteiger partial charge in [0.25, 0.3) is 0 Å². The molecule has 4 heteroatoms. The van der Waals surface area contributed by atoms with Crippen LogP contribution in [0.1, 0.15) is 0 Å². The molecule has 0 aliphatic heterocycles. The van der Waals surface area contributed by atoms with E-state index in [1.54, 1.807) is 0 Å². The van der Waals surface area contributed by atoms with E-state index in [1.807, 2.05) is 45.1 Å². The Bertz CT molecular complexity index is 49.7. The molecule has 0 saturated heterocycles. The lowest BCUT2D eigenvalue weighted by Gasteiger charge is -1.97. The lowest BCUT2D eigenvalue weighted by Crippen LogP contribution is -1.82. The summed E-state index contributed by atoms with van der Waals surface area (Å²) in [6.07, 6.45) is 4.32. The minimum atomic E-state index is 1.29. The third kappa shape index (κ3) is 9.40. The Labute approximate surface area is 80.5 Å². The van der Waals surface area contributed by atoms with E-state index in [1.165, 1.54) is 23.0 Å². The van der Waals surface area contributed by atoms with E-state index in [0.717, 1.165) is 0 Å². The molecule has 0 unspecified atom stereocenters. The number of hydrogen-bond donors (Lipinski definition) is 0. The van der Waals surface area contributed by atoms with Gasteiger partial charge in [-0.05, 0) is 12.5 Å². The largest absolute Gasteiger partial charge is 0.165 e. The van der Waals surface area contributed by atoms with Crippen molar-refractivity contribution in [3.8, 4) is 0 Å². The quantitative estimate of drug-likeness (QED) is 0.471. The van der Waals surface area contributed by atoms with Gasteiger partial charge in [0.15, 0.2) is 0 Å². The van der Waals surface area contributed by atoms with Gasteiger partial charge < -0.3 is 0 Å². The van der Waals surface area contributed by atoms with Crippen molar-refractivity contribution in [2.75, 3.05) is 35.5 Å². The first-order chi connectivity index (χ1) is 4.91. The van der Waals surface area contributed by atoms with Crippen LogP contribution < -0.4 is 0 Å². The molecule has 0 nitrogen and oxygen atoms in total.